The highest BCUT2D eigenvalue weighted by atomic mass is 16.5. The molecule has 6 aromatic carbocycles. The van der Waals surface area contributed by atoms with Crippen molar-refractivity contribution in [1.29, 1.82) is 0 Å². The first kappa shape index (κ1) is 54.5. The smallest absolute Gasteiger partial charge is 0.118 e. The van der Waals surface area contributed by atoms with E-state index in [1.54, 1.807) is 21.3 Å². The summed E-state index contributed by atoms with van der Waals surface area (Å²) in [4.78, 5) is 0. The number of unbranched alkanes of at least 4 members (excludes halogenated alkanes) is 3. The molecule has 0 radical (unpaired) electrons. The molecule has 72 heavy (non-hydrogen) atoms. The molecule has 3 aliphatic carbocycles. The summed E-state index contributed by atoms with van der Waals surface area (Å²) in [6, 6.07) is 52.7. The van der Waals surface area contributed by atoms with Crippen LogP contribution in [0.1, 0.15) is 190 Å². The quantitative estimate of drug-likeness (QED) is 0.0804. The normalized spacial score (nSPS) is 20.8. The van der Waals surface area contributed by atoms with Gasteiger partial charge in [-0.05, 0) is 199 Å². The van der Waals surface area contributed by atoms with E-state index in [4.69, 9.17) is 14.2 Å². The van der Waals surface area contributed by atoms with Gasteiger partial charge in [-0.25, -0.2) is 0 Å². The SMILES string of the molecule is CCCC1CCC(c2ccc(-c3ccc(OC)cc3)cc2)CC1.CCCCC1CCC(c2ccc(-c3ccc(OC)cc3)cc2)CC1.CCCCCC1CCC(c2ccc(-c3ccc(OC)cc3)cc2)CC1. The van der Waals surface area contributed by atoms with Gasteiger partial charge in [0.2, 0.25) is 0 Å². The first-order valence-electron chi connectivity index (χ1n) is 28.6. The number of rotatable bonds is 18. The van der Waals surface area contributed by atoms with Crippen molar-refractivity contribution in [2.75, 3.05) is 21.3 Å². The van der Waals surface area contributed by atoms with Gasteiger partial charge in [0.15, 0.2) is 0 Å². The molecule has 0 N–H and O–H groups in total. The maximum atomic E-state index is 5.24. The summed E-state index contributed by atoms with van der Waals surface area (Å²) in [6.07, 6.45) is 29.3. The topological polar surface area (TPSA) is 27.7 Å². The van der Waals surface area contributed by atoms with Gasteiger partial charge in [0.05, 0.1) is 21.3 Å². The maximum Gasteiger partial charge on any atom is 0.118 e. The zero-order valence-electron chi connectivity index (χ0n) is 45.4. The third kappa shape index (κ3) is 16.4. The molecule has 3 nitrogen and oxygen atoms in total. The van der Waals surface area contributed by atoms with E-state index in [-0.39, 0.29) is 0 Å². The molecule has 3 heteroatoms. The van der Waals surface area contributed by atoms with Crippen LogP contribution in [0.2, 0.25) is 0 Å². The van der Waals surface area contributed by atoms with Gasteiger partial charge in [0, 0.05) is 0 Å². The Labute approximate surface area is 437 Å². The third-order valence-electron chi connectivity index (χ3n) is 16.8. The minimum absolute atomic E-state index is 0.771. The summed E-state index contributed by atoms with van der Waals surface area (Å²) >= 11 is 0. The molecule has 9 rings (SSSR count). The predicted molar refractivity (Wildman–Crippen MR) is 308 cm³/mol. The summed E-state index contributed by atoms with van der Waals surface area (Å²) in [5.74, 6) is 8.00. The molecule has 3 saturated carbocycles. The Morgan fingerprint density at radius 3 is 0.778 bits per heavy atom. The van der Waals surface area contributed by atoms with Crippen molar-refractivity contribution >= 4 is 0 Å². The standard InChI is InChI=1S/C24H32O.C23H30O.C22H28O/c1-3-4-5-6-19-7-9-20(10-8-19)21-11-13-22(14-12-21)23-15-17-24(25-2)18-16-23;1-3-4-5-18-6-8-19(9-7-18)20-10-12-21(13-11-20)22-14-16-23(24-2)17-15-22;1-3-4-17-5-7-18(8-6-17)19-9-11-20(12-10-19)21-13-15-22(23-2)16-14-21/h11-20H,3-10H2,1-2H3;10-19H,3-9H2,1-2H3;9-18H,3-8H2,1-2H3. The Bertz CT molecular complexity index is 2360. The summed E-state index contributed by atoms with van der Waals surface area (Å²) < 4.78 is 15.7. The second-order valence-corrected chi connectivity index (χ2v) is 21.6. The fourth-order valence-electron chi connectivity index (χ4n) is 12.1. The number of hydrogen-bond acceptors (Lipinski definition) is 3. The van der Waals surface area contributed by atoms with Crippen molar-refractivity contribution in [2.24, 2.45) is 17.8 Å². The molecule has 3 fully saturated rings. The molecule has 384 valence electrons. The molecule has 0 aromatic heterocycles. The van der Waals surface area contributed by atoms with Crippen molar-refractivity contribution in [3.8, 4) is 50.6 Å². The van der Waals surface area contributed by atoms with Gasteiger partial charge in [-0.15, -0.1) is 0 Å². The molecular weight excluding hydrogens is 877 g/mol. The van der Waals surface area contributed by atoms with E-state index in [1.165, 1.54) is 185 Å². The van der Waals surface area contributed by atoms with Crippen LogP contribution >= 0.6 is 0 Å². The lowest BCUT2D eigenvalue weighted by Gasteiger charge is -2.29. The highest BCUT2D eigenvalue weighted by Crippen LogP contribution is 2.41. The molecule has 0 aliphatic heterocycles. The van der Waals surface area contributed by atoms with Gasteiger partial charge < -0.3 is 14.2 Å². The van der Waals surface area contributed by atoms with Crippen molar-refractivity contribution < 1.29 is 14.2 Å². The Morgan fingerprint density at radius 2 is 0.528 bits per heavy atom. The fraction of sp³-hybridized carbons (Fsp3) is 0.478. The fourth-order valence-corrected chi connectivity index (χ4v) is 12.1. The first-order valence-corrected chi connectivity index (χ1v) is 28.6. The second-order valence-electron chi connectivity index (χ2n) is 21.6. The van der Waals surface area contributed by atoms with Crippen LogP contribution in [0.3, 0.4) is 0 Å². The lowest BCUT2D eigenvalue weighted by Crippen LogP contribution is -2.13. The van der Waals surface area contributed by atoms with E-state index in [1.807, 2.05) is 36.4 Å². The monoisotopic (exact) mass is 967 g/mol. The summed E-state index contributed by atoms with van der Waals surface area (Å²) in [6.45, 7) is 6.91. The number of ether oxygens (including phenoxy) is 3. The molecule has 0 amide bonds. The lowest BCUT2D eigenvalue weighted by atomic mass is 9.77. The number of hydrogen-bond donors (Lipinski definition) is 0. The van der Waals surface area contributed by atoms with Gasteiger partial charge in [-0.2, -0.15) is 0 Å². The van der Waals surface area contributed by atoms with Crippen molar-refractivity contribution in [1.82, 2.24) is 0 Å². The van der Waals surface area contributed by atoms with Gasteiger partial charge >= 0.3 is 0 Å². The summed E-state index contributed by atoms with van der Waals surface area (Å²) in [5.41, 5.74) is 12.2. The zero-order valence-corrected chi connectivity index (χ0v) is 45.4. The maximum absolute atomic E-state index is 5.24. The number of benzene rings is 6. The van der Waals surface area contributed by atoms with Gasteiger partial charge in [0.25, 0.3) is 0 Å². The highest BCUT2D eigenvalue weighted by Gasteiger charge is 2.24. The molecule has 6 aromatic rings. The average molecular weight is 967 g/mol. The predicted octanol–water partition coefficient (Wildman–Crippen LogP) is 20.5. The van der Waals surface area contributed by atoms with Crippen LogP contribution in [-0.4, -0.2) is 21.3 Å². The van der Waals surface area contributed by atoms with Gasteiger partial charge in [0.1, 0.15) is 17.2 Å². The van der Waals surface area contributed by atoms with E-state index in [2.05, 4.69) is 130 Å². The van der Waals surface area contributed by atoms with Crippen molar-refractivity contribution in [3.63, 3.8) is 0 Å². The van der Waals surface area contributed by atoms with Gasteiger partial charge in [-0.1, -0.05) is 188 Å². The molecule has 0 saturated heterocycles. The molecule has 0 unspecified atom stereocenters. The lowest BCUT2D eigenvalue weighted by molar-refractivity contribution is 0.303. The first-order chi connectivity index (χ1) is 35.4. The highest BCUT2D eigenvalue weighted by molar-refractivity contribution is 5.66. The Morgan fingerprint density at radius 1 is 0.278 bits per heavy atom. The average Bonchev–Trinajstić information content (AvgIpc) is 3.46. The minimum Gasteiger partial charge on any atom is -0.497 e. The molecular formula is C69H90O3. The summed E-state index contributed by atoms with van der Waals surface area (Å²) in [5, 5.41) is 0. The molecule has 0 heterocycles. The van der Waals surface area contributed by atoms with Crippen LogP contribution in [0, 0.1) is 17.8 Å². The van der Waals surface area contributed by atoms with Crippen LogP contribution in [0.5, 0.6) is 17.2 Å². The number of methoxy groups -OCH3 is 3. The van der Waals surface area contributed by atoms with E-state index in [0.717, 1.165) is 52.8 Å². The largest absolute Gasteiger partial charge is 0.497 e. The van der Waals surface area contributed by atoms with Crippen molar-refractivity contribution in [2.45, 2.75) is 173 Å². The molecule has 3 aliphatic rings. The molecule has 0 spiro atoms. The second kappa shape index (κ2) is 29.4. The van der Waals surface area contributed by atoms with Crippen LogP contribution in [-0.2, 0) is 0 Å². The van der Waals surface area contributed by atoms with Crippen LogP contribution in [0.25, 0.3) is 33.4 Å². The van der Waals surface area contributed by atoms with Gasteiger partial charge in [-0.3, -0.25) is 0 Å². The minimum atomic E-state index is 0.771. The third-order valence-corrected chi connectivity index (χ3v) is 16.8. The molecule has 0 atom stereocenters. The van der Waals surface area contributed by atoms with E-state index in [0.29, 0.717) is 0 Å². The van der Waals surface area contributed by atoms with Crippen molar-refractivity contribution in [3.05, 3.63) is 162 Å². The Balaban J connectivity index is 0.000000159. The van der Waals surface area contributed by atoms with E-state index >= 15 is 0 Å². The van der Waals surface area contributed by atoms with E-state index < -0.39 is 0 Å². The Hall–Kier alpha value is -5.28. The van der Waals surface area contributed by atoms with Crippen LogP contribution in [0.4, 0.5) is 0 Å². The summed E-state index contributed by atoms with van der Waals surface area (Å²) in [7, 11) is 5.13. The van der Waals surface area contributed by atoms with Crippen LogP contribution < -0.4 is 14.2 Å². The van der Waals surface area contributed by atoms with E-state index in [9.17, 15) is 0 Å². The zero-order chi connectivity index (χ0) is 50.3. The Kier molecular flexibility index (Phi) is 22.3. The molecule has 0 bridgehead atoms. The van der Waals surface area contributed by atoms with Crippen LogP contribution in [0.15, 0.2) is 146 Å².